The number of H-pyrrole nitrogens is 1. The van der Waals surface area contributed by atoms with E-state index in [2.05, 4.69) is 42.1 Å². The number of aromatic amines is 1. The summed E-state index contributed by atoms with van der Waals surface area (Å²) in [5.41, 5.74) is 0.957. The van der Waals surface area contributed by atoms with Crippen LogP contribution in [0.2, 0.25) is 0 Å². The maximum Gasteiger partial charge on any atom is 0.199 e. The van der Waals surface area contributed by atoms with Gasteiger partial charge >= 0.3 is 0 Å². The Morgan fingerprint density at radius 2 is 2.14 bits per heavy atom. The summed E-state index contributed by atoms with van der Waals surface area (Å²) in [4.78, 5) is 0. The number of nitrogens with one attached hydrogen (secondary N) is 1. The molecule has 6 heteroatoms. The molecular weight excluding hydrogens is 330 g/mol. The van der Waals surface area contributed by atoms with Gasteiger partial charge in [-0.2, -0.15) is 5.10 Å². The van der Waals surface area contributed by atoms with Crippen molar-refractivity contribution in [2.45, 2.75) is 0 Å². The predicted octanol–water partition coefficient (Wildman–Crippen LogP) is 3.45. The summed E-state index contributed by atoms with van der Waals surface area (Å²) in [6, 6.07) is 5.88. The number of hydrogen-bond donors (Lipinski definition) is 1. The summed E-state index contributed by atoms with van der Waals surface area (Å²) < 4.78 is 4.34. The highest BCUT2D eigenvalue weighted by atomic mass is 79.9. The van der Waals surface area contributed by atoms with Gasteiger partial charge in [0.15, 0.2) is 4.77 Å². The van der Waals surface area contributed by atoms with Crippen LogP contribution in [0, 0.1) is 4.77 Å². The molecule has 1 N–H and O–H groups in total. The van der Waals surface area contributed by atoms with Crippen LogP contribution in [0.4, 0.5) is 0 Å². The Bertz CT molecular complexity index is 517. The summed E-state index contributed by atoms with van der Waals surface area (Å²) in [6.07, 6.45) is 1.65. The maximum absolute atomic E-state index is 5.08. The molecule has 0 spiro atoms. The molecule has 0 unspecified atom stereocenters. The summed E-state index contributed by atoms with van der Waals surface area (Å²) in [6.45, 7) is 0. The Labute approximate surface area is 102 Å². The normalized spacial score (nSPS) is 10.4. The van der Waals surface area contributed by atoms with Gasteiger partial charge in [0, 0.05) is 8.95 Å². The lowest BCUT2D eigenvalue weighted by atomic mass is 10.3. The fourth-order valence-electron chi connectivity index (χ4n) is 1.09. The van der Waals surface area contributed by atoms with Crippen molar-refractivity contribution in [3.8, 4) is 5.69 Å². The molecule has 3 nitrogen and oxygen atoms in total. The fraction of sp³-hybridized carbons (Fsp3) is 0. The van der Waals surface area contributed by atoms with Crippen molar-refractivity contribution in [1.82, 2.24) is 14.8 Å². The Balaban J connectivity index is 2.68. The van der Waals surface area contributed by atoms with E-state index in [0.717, 1.165) is 14.6 Å². The zero-order chi connectivity index (χ0) is 10.1. The SMILES string of the molecule is S=c1[nH]ncn1-c1cc(Br)ccc1Br. The monoisotopic (exact) mass is 333 g/mol. The van der Waals surface area contributed by atoms with Gasteiger partial charge in [-0.1, -0.05) is 15.9 Å². The first kappa shape index (κ1) is 10.1. The molecule has 0 aliphatic rings. The van der Waals surface area contributed by atoms with E-state index >= 15 is 0 Å². The summed E-state index contributed by atoms with van der Waals surface area (Å²) in [5.74, 6) is 0. The van der Waals surface area contributed by atoms with Crippen LogP contribution < -0.4 is 0 Å². The molecule has 0 bridgehead atoms. The van der Waals surface area contributed by atoms with Gasteiger partial charge in [-0.3, -0.25) is 9.67 Å². The molecule has 0 fully saturated rings. The van der Waals surface area contributed by atoms with Gasteiger partial charge in [-0.15, -0.1) is 0 Å². The summed E-state index contributed by atoms with van der Waals surface area (Å²) in [5, 5.41) is 6.57. The lowest BCUT2D eigenvalue weighted by Crippen LogP contribution is -1.93. The number of halogens is 2. The quantitative estimate of drug-likeness (QED) is 0.810. The van der Waals surface area contributed by atoms with Crippen molar-refractivity contribution in [1.29, 1.82) is 0 Å². The molecule has 1 aromatic heterocycles. The van der Waals surface area contributed by atoms with Gasteiger partial charge in [0.2, 0.25) is 0 Å². The summed E-state index contributed by atoms with van der Waals surface area (Å²) in [7, 11) is 0. The van der Waals surface area contributed by atoms with Crippen LogP contribution >= 0.6 is 44.1 Å². The molecule has 0 aliphatic carbocycles. The molecule has 2 aromatic rings. The maximum atomic E-state index is 5.08. The van der Waals surface area contributed by atoms with E-state index in [0.29, 0.717) is 4.77 Å². The first-order valence-electron chi connectivity index (χ1n) is 3.76. The minimum atomic E-state index is 0.573. The summed E-state index contributed by atoms with van der Waals surface area (Å²) >= 11 is 11.9. The molecule has 1 aromatic carbocycles. The van der Waals surface area contributed by atoms with E-state index in [9.17, 15) is 0 Å². The minimum Gasteiger partial charge on any atom is -0.274 e. The van der Waals surface area contributed by atoms with Gasteiger partial charge in [-0.05, 0) is 46.3 Å². The number of benzene rings is 1. The highest BCUT2D eigenvalue weighted by Crippen LogP contribution is 2.24. The van der Waals surface area contributed by atoms with Crippen molar-refractivity contribution >= 4 is 44.1 Å². The third kappa shape index (κ3) is 1.82. The Morgan fingerprint density at radius 3 is 2.79 bits per heavy atom. The highest BCUT2D eigenvalue weighted by Gasteiger charge is 2.03. The van der Waals surface area contributed by atoms with Crippen molar-refractivity contribution in [2.24, 2.45) is 0 Å². The van der Waals surface area contributed by atoms with E-state index in [1.165, 1.54) is 0 Å². The van der Waals surface area contributed by atoms with Gasteiger partial charge < -0.3 is 0 Å². The molecule has 0 saturated heterocycles. The largest absolute Gasteiger partial charge is 0.274 e. The molecule has 0 aliphatic heterocycles. The molecule has 1 heterocycles. The van der Waals surface area contributed by atoms with E-state index < -0.39 is 0 Å². The molecule has 0 amide bonds. The second kappa shape index (κ2) is 3.96. The predicted molar refractivity (Wildman–Crippen MR) is 64.1 cm³/mol. The second-order valence-electron chi connectivity index (χ2n) is 2.63. The Morgan fingerprint density at radius 1 is 1.36 bits per heavy atom. The third-order valence-corrected chi connectivity index (χ3v) is 3.17. The molecule has 14 heavy (non-hydrogen) atoms. The van der Waals surface area contributed by atoms with E-state index in [1.807, 2.05) is 18.2 Å². The molecule has 2 rings (SSSR count). The van der Waals surface area contributed by atoms with Gasteiger partial charge in [0.25, 0.3) is 0 Å². The van der Waals surface area contributed by atoms with E-state index in [-0.39, 0.29) is 0 Å². The standard InChI is InChI=1S/C8H5Br2N3S/c9-5-1-2-6(10)7(3-5)13-4-11-12-8(13)14/h1-4H,(H,12,14). The topological polar surface area (TPSA) is 33.6 Å². The van der Waals surface area contributed by atoms with Gasteiger partial charge in [-0.25, -0.2) is 0 Å². The van der Waals surface area contributed by atoms with Crippen molar-refractivity contribution in [3.63, 3.8) is 0 Å². The number of hydrogen-bond acceptors (Lipinski definition) is 2. The van der Waals surface area contributed by atoms with Crippen LogP contribution in [0.3, 0.4) is 0 Å². The second-order valence-corrected chi connectivity index (χ2v) is 4.78. The van der Waals surface area contributed by atoms with Crippen molar-refractivity contribution in [2.75, 3.05) is 0 Å². The molecule has 0 atom stereocenters. The van der Waals surface area contributed by atoms with Crippen LogP contribution in [0.5, 0.6) is 0 Å². The van der Waals surface area contributed by atoms with Crippen molar-refractivity contribution in [3.05, 3.63) is 38.2 Å². The van der Waals surface area contributed by atoms with Crippen molar-refractivity contribution < 1.29 is 0 Å². The number of rotatable bonds is 1. The zero-order valence-corrected chi connectivity index (χ0v) is 10.9. The van der Waals surface area contributed by atoms with Crippen LogP contribution in [-0.4, -0.2) is 14.8 Å². The Hall–Kier alpha value is -0.460. The Kier molecular flexibility index (Phi) is 2.85. The lowest BCUT2D eigenvalue weighted by Gasteiger charge is -2.04. The van der Waals surface area contributed by atoms with E-state index in [1.54, 1.807) is 10.9 Å². The average molecular weight is 335 g/mol. The first-order valence-corrected chi connectivity index (χ1v) is 5.75. The minimum absolute atomic E-state index is 0.573. The van der Waals surface area contributed by atoms with Crippen LogP contribution in [-0.2, 0) is 0 Å². The molecular formula is C8H5Br2N3S. The average Bonchev–Trinajstić information content (AvgIpc) is 2.56. The van der Waals surface area contributed by atoms with Gasteiger partial charge in [0.1, 0.15) is 6.33 Å². The first-order chi connectivity index (χ1) is 6.68. The number of aromatic nitrogens is 3. The smallest absolute Gasteiger partial charge is 0.199 e. The van der Waals surface area contributed by atoms with E-state index in [4.69, 9.17) is 12.2 Å². The van der Waals surface area contributed by atoms with Crippen LogP contribution in [0.1, 0.15) is 0 Å². The van der Waals surface area contributed by atoms with Crippen LogP contribution in [0.25, 0.3) is 5.69 Å². The molecule has 72 valence electrons. The van der Waals surface area contributed by atoms with Gasteiger partial charge in [0.05, 0.1) is 5.69 Å². The highest BCUT2D eigenvalue weighted by molar-refractivity contribution is 9.11. The lowest BCUT2D eigenvalue weighted by molar-refractivity contribution is 1.02. The number of nitrogens with zero attached hydrogens (tertiary/aromatic N) is 2. The molecule has 0 radical (unpaired) electrons. The third-order valence-electron chi connectivity index (χ3n) is 1.72. The van der Waals surface area contributed by atoms with Crippen LogP contribution in [0.15, 0.2) is 33.5 Å². The zero-order valence-electron chi connectivity index (χ0n) is 6.87. The molecule has 0 saturated carbocycles. The fourth-order valence-corrected chi connectivity index (χ4v) is 2.08.